The molecule has 1 spiro atoms. The lowest BCUT2D eigenvalue weighted by Gasteiger charge is -2.37. The van der Waals surface area contributed by atoms with E-state index >= 15 is 0 Å². The molecule has 6 rings (SSSR count). The first-order valence-electron chi connectivity index (χ1n) is 11.4. The van der Waals surface area contributed by atoms with Crippen molar-refractivity contribution < 1.29 is 14.4 Å². The summed E-state index contributed by atoms with van der Waals surface area (Å²) < 4.78 is 0. The van der Waals surface area contributed by atoms with Crippen molar-refractivity contribution in [1.29, 1.82) is 0 Å². The highest BCUT2D eigenvalue weighted by molar-refractivity contribution is 6.16. The first-order valence-corrected chi connectivity index (χ1v) is 11.4. The van der Waals surface area contributed by atoms with Gasteiger partial charge in [0.2, 0.25) is 5.91 Å². The Kier molecular flexibility index (Phi) is 4.36. The molecule has 0 saturated carbocycles. The SMILES string of the molecule is CC(=O)[C@@H]1[C@@H](C(=O)c2cccnc2)[C@]2(C(=O)Nc3ccccc32)[C@H]2C=Cc3cc(C)ccc3N12. The van der Waals surface area contributed by atoms with Crippen molar-refractivity contribution in [3.05, 3.63) is 95.3 Å². The number of aromatic nitrogens is 1. The third kappa shape index (κ3) is 2.56. The number of para-hydroxylation sites is 1. The molecule has 168 valence electrons. The van der Waals surface area contributed by atoms with Crippen LogP contribution in [0, 0.1) is 12.8 Å². The fraction of sp³-hybridized carbons (Fsp3) is 0.214. The molecule has 0 bridgehead atoms. The van der Waals surface area contributed by atoms with E-state index in [0.717, 1.165) is 22.4 Å². The third-order valence-electron chi connectivity index (χ3n) is 7.43. The van der Waals surface area contributed by atoms with Crippen LogP contribution in [0.5, 0.6) is 0 Å². The summed E-state index contributed by atoms with van der Waals surface area (Å²) in [6.45, 7) is 3.53. The minimum atomic E-state index is -1.25. The number of carbonyl (C=O) groups excluding carboxylic acids is 3. The van der Waals surface area contributed by atoms with E-state index in [1.165, 1.54) is 13.1 Å². The maximum Gasteiger partial charge on any atom is 0.238 e. The van der Waals surface area contributed by atoms with Crippen LogP contribution in [0.15, 0.2) is 73.1 Å². The molecular formula is C28H23N3O3. The number of fused-ring (bicyclic) bond motifs is 6. The number of pyridine rings is 1. The number of carbonyl (C=O) groups is 3. The number of amides is 1. The first-order chi connectivity index (χ1) is 16.4. The van der Waals surface area contributed by atoms with Gasteiger partial charge in [0.15, 0.2) is 11.6 Å². The second kappa shape index (κ2) is 7.22. The largest absolute Gasteiger partial charge is 0.352 e. The summed E-state index contributed by atoms with van der Waals surface area (Å²) in [4.78, 5) is 47.5. The molecule has 6 nitrogen and oxygen atoms in total. The van der Waals surface area contributed by atoms with Crippen molar-refractivity contribution in [2.75, 3.05) is 10.2 Å². The smallest absolute Gasteiger partial charge is 0.238 e. The van der Waals surface area contributed by atoms with E-state index in [4.69, 9.17) is 0 Å². The molecule has 0 radical (unpaired) electrons. The molecule has 3 aliphatic heterocycles. The number of ketones is 2. The number of hydrogen-bond donors (Lipinski definition) is 1. The van der Waals surface area contributed by atoms with Crippen LogP contribution in [0.25, 0.3) is 6.08 Å². The van der Waals surface area contributed by atoms with Gasteiger partial charge in [0.05, 0.1) is 18.0 Å². The lowest BCUT2D eigenvalue weighted by molar-refractivity contribution is -0.122. The zero-order chi connectivity index (χ0) is 23.6. The number of Topliss-reactive ketones (excluding diaryl/α,β-unsaturated/α-hetero) is 2. The summed E-state index contributed by atoms with van der Waals surface area (Å²) in [6.07, 6.45) is 7.10. The normalized spacial score (nSPS) is 26.1. The average molecular weight is 450 g/mol. The van der Waals surface area contributed by atoms with Gasteiger partial charge in [-0.25, -0.2) is 0 Å². The Balaban J connectivity index is 1.67. The molecule has 2 aromatic carbocycles. The molecule has 1 N–H and O–H groups in total. The number of nitrogens with one attached hydrogen (secondary N) is 1. The van der Waals surface area contributed by atoms with Crippen LogP contribution < -0.4 is 10.2 Å². The van der Waals surface area contributed by atoms with E-state index in [0.29, 0.717) is 11.3 Å². The molecule has 0 aliphatic carbocycles. The van der Waals surface area contributed by atoms with Crippen LogP contribution >= 0.6 is 0 Å². The molecule has 1 saturated heterocycles. The molecule has 3 aliphatic rings. The predicted molar refractivity (Wildman–Crippen MR) is 130 cm³/mol. The van der Waals surface area contributed by atoms with Gasteiger partial charge >= 0.3 is 0 Å². The quantitative estimate of drug-likeness (QED) is 0.613. The van der Waals surface area contributed by atoms with Gasteiger partial charge in [-0.1, -0.05) is 42.0 Å². The summed E-state index contributed by atoms with van der Waals surface area (Å²) in [6, 6.07) is 15.6. The zero-order valence-corrected chi connectivity index (χ0v) is 18.9. The van der Waals surface area contributed by atoms with Gasteiger partial charge < -0.3 is 10.2 Å². The number of benzene rings is 2. The van der Waals surface area contributed by atoms with Gasteiger partial charge in [-0.05, 0) is 55.3 Å². The Bertz CT molecular complexity index is 1400. The molecule has 6 heteroatoms. The Morgan fingerprint density at radius 1 is 1.09 bits per heavy atom. The second-order valence-corrected chi connectivity index (χ2v) is 9.28. The molecule has 1 aromatic heterocycles. The highest BCUT2D eigenvalue weighted by Crippen LogP contribution is 2.57. The van der Waals surface area contributed by atoms with Gasteiger partial charge in [-0.15, -0.1) is 0 Å². The maximum absolute atomic E-state index is 14.2. The maximum atomic E-state index is 14.2. The van der Waals surface area contributed by atoms with Crippen LogP contribution in [0.4, 0.5) is 11.4 Å². The van der Waals surface area contributed by atoms with Crippen molar-refractivity contribution in [2.24, 2.45) is 5.92 Å². The standard InChI is InChI=1S/C28H23N3O3/c1-16-9-11-22-18(14-16)10-12-23-28(20-7-3-4-8-21(20)30-27(28)34)24(25(17(2)32)31(22)23)26(33)19-6-5-13-29-15-19/h3-15,23-25H,1-2H3,(H,30,34)/t23-,24+,25-,28-/m1/s1. The molecule has 4 heterocycles. The highest BCUT2D eigenvalue weighted by atomic mass is 16.2. The number of rotatable bonds is 3. The Morgan fingerprint density at radius 3 is 2.68 bits per heavy atom. The first kappa shape index (κ1) is 20.5. The van der Waals surface area contributed by atoms with Crippen LogP contribution in [0.3, 0.4) is 0 Å². The van der Waals surface area contributed by atoms with Crippen molar-refractivity contribution >= 4 is 34.9 Å². The molecule has 3 aromatic rings. The van der Waals surface area contributed by atoms with Gasteiger partial charge in [0.1, 0.15) is 5.41 Å². The van der Waals surface area contributed by atoms with E-state index in [1.54, 1.807) is 18.3 Å². The molecule has 1 fully saturated rings. The Morgan fingerprint density at radius 2 is 1.91 bits per heavy atom. The third-order valence-corrected chi connectivity index (χ3v) is 7.43. The van der Waals surface area contributed by atoms with Gasteiger partial charge in [-0.2, -0.15) is 0 Å². The molecule has 34 heavy (non-hydrogen) atoms. The average Bonchev–Trinajstić information content (AvgIpc) is 3.32. The monoisotopic (exact) mass is 449 g/mol. The molecule has 4 atom stereocenters. The van der Waals surface area contributed by atoms with Crippen LogP contribution in [0.2, 0.25) is 0 Å². The summed E-state index contributed by atoms with van der Waals surface area (Å²) >= 11 is 0. The van der Waals surface area contributed by atoms with Crippen molar-refractivity contribution in [2.45, 2.75) is 31.3 Å². The van der Waals surface area contributed by atoms with Gasteiger partial charge in [-0.3, -0.25) is 19.4 Å². The van der Waals surface area contributed by atoms with Crippen molar-refractivity contribution in [3.63, 3.8) is 0 Å². The van der Waals surface area contributed by atoms with E-state index < -0.39 is 23.4 Å². The summed E-state index contributed by atoms with van der Waals surface area (Å²) in [5.41, 5.74) is 3.50. The highest BCUT2D eigenvalue weighted by Gasteiger charge is 2.69. The van der Waals surface area contributed by atoms with Gasteiger partial charge in [0.25, 0.3) is 0 Å². The number of anilines is 2. The molecular weight excluding hydrogens is 426 g/mol. The van der Waals surface area contributed by atoms with Crippen LogP contribution in [-0.2, 0) is 15.0 Å². The zero-order valence-electron chi connectivity index (χ0n) is 18.9. The Labute approximate surface area is 197 Å². The van der Waals surface area contributed by atoms with Crippen LogP contribution in [-0.4, -0.2) is 34.5 Å². The summed E-state index contributed by atoms with van der Waals surface area (Å²) in [7, 11) is 0. The topological polar surface area (TPSA) is 79.4 Å². The van der Waals surface area contributed by atoms with E-state index in [2.05, 4.69) is 16.4 Å². The Hall–Kier alpha value is -4.06. The van der Waals surface area contributed by atoms with Crippen LogP contribution in [0.1, 0.15) is 34.0 Å². The summed E-state index contributed by atoms with van der Waals surface area (Å²) in [5, 5.41) is 3.01. The lowest BCUT2D eigenvalue weighted by atomic mass is 9.64. The minimum absolute atomic E-state index is 0.150. The predicted octanol–water partition coefficient (Wildman–Crippen LogP) is 3.95. The number of aryl methyl sites for hydroxylation is 1. The van der Waals surface area contributed by atoms with Crippen molar-refractivity contribution in [1.82, 2.24) is 4.98 Å². The van der Waals surface area contributed by atoms with E-state index in [1.807, 2.05) is 60.4 Å². The second-order valence-electron chi connectivity index (χ2n) is 9.28. The number of nitrogens with zero attached hydrogens (tertiary/aromatic N) is 2. The fourth-order valence-electron chi connectivity index (χ4n) is 6.14. The lowest BCUT2D eigenvalue weighted by Crippen LogP contribution is -2.51. The molecule has 0 unspecified atom stereocenters. The fourth-order valence-corrected chi connectivity index (χ4v) is 6.14. The molecule has 1 amide bonds. The minimum Gasteiger partial charge on any atom is -0.352 e. The van der Waals surface area contributed by atoms with Crippen molar-refractivity contribution in [3.8, 4) is 0 Å². The van der Waals surface area contributed by atoms with E-state index in [-0.39, 0.29) is 17.5 Å². The van der Waals surface area contributed by atoms with Gasteiger partial charge in [0, 0.05) is 29.3 Å². The number of hydrogen-bond acceptors (Lipinski definition) is 5. The summed E-state index contributed by atoms with van der Waals surface area (Å²) in [5.74, 6) is -1.57. The van der Waals surface area contributed by atoms with E-state index in [9.17, 15) is 14.4 Å².